The van der Waals surface area contributed by atoms with Crippen LogP contribution in [0.25, 0.3) is 11.3 Å². The van der Waals surface area contributed by atoms with Crippen molar-refractivity contribution in [2.45, 2.75) is 71.7 Å². The molecule has 284 valence electrons. The number of aromatic nitrogens is 4. The molecular weight excluding hydrogens is 690 g/mol. The summed E-state index contributed by atoms with van der Waals surface area (Å²) in [7, 11) is 1.59. The van der Waals surface area contributed by atoms with Crippen LogP contribution in [-0.4, -0.2) is 91.4 Å². The fourth-order valence-corrected chi connectivity index (χ4v) is 8.89. The lowest BCUT2D eigenvalue weighted by atomic mass is 9.90. The fraction of sp³-hybridized carbons (Fsp3) is 0.487. The second kappa shape index (κ2) is 13.9. The average molecular weight is 738 g/mol. The topological polar surface area (TPSA) is 164 Å². The molecule has 0 saturated carbocycles. The molecule has 0 unspecified atom stereocenters. The molecule has 15 nitrogen and oxygen atoms in total. The highest BCUT2D eigenvalue weighted by molar-refractivity contribution is 6.06. The van der Waals surface area contributed by atoms with E-state index >= 15 is 0 Å². The quantitative estimate of drug-likeness (QED) is 0.196. The molecule has 6 heterocycles. The van der Waals surface area contributed by atoms with Gasteiger partial charge in [0.25, 0.3) is 17.2 Å². The molecule has 1 atom stereocenters. The van der Waals surface area contributed by atoms with Gasteiger partial charge in [0.05, 0.1) is 17.2 Å². The largest absolute Gasteiger partial charge is 0.392 e. The lowest BCUT2D eigenvalue weighted by Crippen LogP contribution is -2.56. The first kappa shape index (κ1) is 35.9. The Balaban J connectivity index is 1.06. The van der Waals surface area contributed by atoms with Gasteiger partial charge in [-0.15, -0.1) is 0 Å². The van der Waals surface area contributed by atoms with E-state index in [1.165, 1.54) is 21.9 Å². The molecule has 0 spiro atoms. The lowest BCUT2D eigenvalue weighted by Gasteiger charge is -2.45. The number of nitrogens with one attached hydrogen (secondary N) is 1. The van der Waals surface area contributed by atoms with E-state index in [0.29, 0.717) is 65.4 Å². The van der Waals surface area contributed by atoms with Gasteiger partial charge < -0.3 is 29.2 Å². The van der Waals surface area contributed by atoms with Crippen molar-refractivity contribution in [1.29, 1.82) is 0 Å². The minimum atomic E-state index is -0.439. The fourth-order valence-electron chi connectivity index (χ4n) is 8.89. The van der Waals surface area contributed by atoms with Crippen molar-refractivity contribution in [3.8, 4) is 11.3 Å². The lowest BCUT2D eigenvalue weighted by molar-refractivity contribution is -0.384. The predicted molar refractivity (Wildman–Crippen MR) is 205 cm³/mol. The zero-order valence-corrected chi connectivity index (χ0v) is 31.2. The normalized spacial score (nSPS) is 20.2. The summed E-state index contributed by atoms with van der Waals surface area (Å²) < 4.78 is 9.04. The summed E-state index contributed by atoms with van der Waals surface area (Å²) in [5, 5.41) is 26.2. The van der Waals surface area contributed by atoms with Crippen molar-refractivity contribution in [3.05, 3.63) is 85.7 Å². The van der Waals surface area contributed by atoms with E-state index in [-0.39, 0.29) is 33.8 Å². The summed E-state index contributed by atoms with van der Waals surface area (Å²) in [6.45, 7) is 11.0. The highest BCUT2D eigenvalue weighted by atomic mass is 16.6. The number of benzene rings is 1. The summed E-state index contributed by atoms with van der Waals surface area (Å²) in [4.78, 5) is 54.7. The molecule has 4 aromatic rings. The number of ether oxygens (including phenoxy) is 1. The number of aliphatic hydroxyl groups is 1. The number of nitrogens with zero attached hydrogens (tertiary/aromatic N) is 8. The molecule has 0 radical (unpaired) electrons. The minimum Gasteiger partial charge on any atom is -0.392 e. The zero-order chi connectivity index (χ0) is 37.9. The summed E-state index contributed by atoms with van der Waals surface area (Å²) in [5.74, 6) is 0.124. The third-order valence-corrected chi connectivity index (χ3v) is 11.5. The van der Waals surface area contributed by atoms with Gasteiger partial charge in [-0.1, -0.05) is 13.8 Å². The number of rotatable bonds is 8. The number of piperazine rings is 1. The standard InChI is InChI=1S/C39H47N9O6/c1-24-21-44(27-8-15-54-16-9-27)11-12-45(24)31-6-5-26(18-32(31)48(52)53)41-35-38(51)43(4)22-30(42-35)28-7-10-40-36(29(28)23-49)47-14-13-46-33(37(47)50)17-25-19-39(2,3)20-34(25)46/h5-7,10,17-18,22,24,27,49H,8-9,11-16,19-21,23H2,1-4H3,(H,41,42)/t24-/m0/s1. The average Bonchev–Trinajstić information content (AvgIpc) is 3.65. The van der Waals surface area contributed by atoms with E-state index in [9.17, 15) is 24.8 Å². The smallest absolute Gasteiger partial charge is 0.294 e. The van der Waals surface area contributed by atoms with Gasteiger partial charge in [0.2, 0.25) is 0 Å². The maximum absolute atomic E-state index is 13.9. The molecule has 1 aliphatic carbocycles. The molecule has 1 aromatic carbocycles. The van der Waals surface area contributed by atoms with Crippen molar-refractivity contribution >= 4 is 34.6 Å². The Hall–Kier alpha value is -5.12. The van der Waals surface area contributed by atoms with Crippen LogP contribution in [0.1, 0.15) is 60.9 Å². The SMILES string of the molecule is C[C@H]1CN(C2CCOCC2)CCN1c1ccc(Nc2nc(-c3ccnc(N4CCn5c(cc6c5CC(C)(C)C6)C4=O)c3CO)cn(C)c2=O)cc1[N+](=O)[O-]. The summed E-state index contributed by atoms with van der Waals surface area (Å²) in [6.07, 6.45) is 6.97. The third kappa shape index (κ3) is 6.43. The van der Waals surface area contributed by atoms with Crippen molar-refractivity contribution in [2.75, 3.05) is 54.5 Å². The third-order valence-electron chi connectivity index (χ3n) is 11.5. The number of aryl methyl sites for hydroxylation is 1. The number of anilines is 4. The summed E-state index contributed by atoms with van der Waals surface area (Å²) >= 11 is 0. The van der Waals surface area contributed by atoms with Gasteiger partial charge in [0.1, 0.15) is 17.2 Å². The number of aliphatic hydroxyl groups excluding tert-OH is 1. The van der Waals surface area contributed by atoms with Crippen molar-refractivity contribution < 1.29 is 19.6 Å². The highest BCUT2D eigenvalue weighted by Crippen LogP contribution is 2.40. The Kier molecular flexibility index (Phi) is 9.26. The van der Waals surface area contributed by atoms with Gasteiger partial charge in [-0.05, 0) is 67.9 Å². The zero-order valence-electron chi connectivity index (χ0n) is 31.2. The first-order valence-electron chi connectivity index (χ1n) is 18.8. The molecule has 1 amide bonds. The van der Waals surface area contributed by atoms with E-state index in [2.05, 4.69) is 50.4 Å². The number of hydrogen-bond donors (Lipinski definition) is 2. The monoisotopic (exact) mass is 737 g/mol. The summed E-state index contributed by atoms with van der Waals surface area (Å²) in [6, 6.07) is 9.13. The molecule has 3 aromatic heterocycles. The highest BCUT2D eigenvalue weighted by Gasteiger charge is 2.38. The molecule has 2 fully saturated rings. The van der Waals surface area contributed by atoms with E-state index < -0.39 is 12.2 Å². The summed E-state index contributed by atoms with van der Waals surface area (Å²) in [5.41, 5.74) is 4.87. The van der Waals surface area contributed by atoms with E-state index in [1.807, 2.05) is 6.07 Å². The van der Waals surface area contributed by atoms with Crippen LogP contribution in [-0.2, 0) is 37.8 Å². The van der Waals surface area contributed by atoms with Crippen LogP contribution in [0.15, 0.2) is 47.5 Å². The van der Waals surface area contributed by atoms with Gasteiger partial charge in [-0.3, -0.25) is 29.5 Å². The molecule has 4 aliphatic rings. The Bertz CT molecular complexity index is 2190. The van der Waals surface area contributed by atoms with E-state index in [1.54, 1.807) is 42.5 Å². The van der Waals surface area contributed by atoms with Crippen LogP contribution in [0.3, 0.4) is 0 Å². The molecule has 54 heavy (non-hydrogen) atoms. The van der Waals surface area contributed by atoms with Gasteiger partial charge >= 0.3 is 0 Å². The van der Waals surface area contributed by atoms with Crippen molar-refractivity contribution in [1.82, 2.24) is 24.0 Å². The second-order valence-corrected chi connectivity index (χ2v) is 15.8. The van der Waals surface area contributed by atoms with E-state index in [0.717, 1.165) is 52.0 Å². The first-order valence-corrected chi connectivity index (χ1v) is 18.8. The Morgan fingerprint density at radius 3 is 2.61 bits per heavy atom. The van der Waals surface area contributed by atoms with Crippen LogP contribution in [0.5, 0.6) is 0 Å². The van der Waals surface area contributed by atoms with Crippen LogP contribution < -0.4 is 20.7 Å². The molecule has 0 bridgehead atoms. The second-order valence-electron chi connectivity index (χ2n) is 15.8. The van der Waals surface area contributed by atoms with Crippen molar-refractivity contribution in [3.63, 3.8) is 0 Å². The Morgan fingerprint density at radius 1 is 1.07 bits per heavy atom. The maximum Gasteiger partial charge on any atom is 0.294 e. The van der Waals surface area contributed by atoms with Gasteiger partial charge in [-0.2, -0.15) is 0 Å². The molecule has 2 saturated heterocycles. The number of pyridine rings is 1. The van der Waals surface area contributed by atoms with Gasteiger partial charge in [-0.25, -0.2) is 9.97 Å². The number of fused-ring (bicyclic) bond motifs is 3. The maximum atomic E-state index is 13.9. The number of nitro benzene ring substituents is 1. The number of hydrogen-bond acceptors (Lipinski definition) is 11. The van der Waals surface area contributed by atoms with Crippen LogP contribution in [0, 0.1) is 15.5 Å². The number of nitro groups is 1. The molecule has 3 aliphatic heterocycles. The van der Waals surface area contributed by atoms with Gasteiger partial charge in [0.15, 0.2) is 5.82 Å². The van der Waals surface area contributed by atoms with Crippen LogP contribution in [0.4, 0.5) is 28.7 Å². The Morgan fingerprint density at radius 2 is 1.87 bits per heavy atom. The number of carbonyl (C=O) groups is 1. The number of amides is 1. The molecule has 15 heteroatoms. The van der Waals surface area contributed by atoms with Crippen LogP contribution >= 0.6 is 0 Å². The molecular formula is C39H47N9O6. The predicted octanol–water partition coefficient (Wildman–Crippen LogP) is 4.26. The van der Waals surface area contributed by atoms with Crippen LogP contribution in [0.2, 0.25) is 0 Å². The molecule has 2 N–H and O–H groups in total. The molecule has 8 rings (SSSR count). The Labute approximate surface area is 313 Å². The first-order chi connectivity index (χ1) is 25.9. The number of carbonyl (C=O) groups excluding carboxylic acids is 1. The van der Waals surface area contributed by atoms with Crippen molar-refractivity contribution in [2.24, 2.45) is 12.5 Å². The minimum absolute atomic E-state index is 0.0398. The van der Waals surface area contributed by atoms with Gasteiger partial charge in [0, 0.05) is 106 Å². The van der Waals surface area contributed by atoms with E-state index in [4.69, 9.17) is 4.74 Å².